The topological polar surface area (TPSA) is 114 Å². The number of carbonyl (C=O) groups is 1. The van der Waals surface area contributed by atoms with Crippen LogP contribution in [-0.2, 0) is 10.2 Å². The number of H-pyrrole nitrogens is 1. The predicted molar refractivity (Wildman–Crippen MR) is 161 cm³/mol. The second-order valence-corrected chi connectivity index (χ2v) is 13.4. The first kappa shape index (κ1) is 33.1. The normalized spacial score (nSPS) is 25.1. The number of aliphatic hydroxyl groups excluding tert-OH is 2. The van der Waals surface area contributed by atoms with E-state index in [0.717, 1.165) is 64.2 Å². The van der Waals surface area contributed by atoms with Gasteiger partial charge >= 0.3 is 5.97 Å². The minimum absolute atomic E-state index is 0.135. The Morgan fingerprint density at radius 2 is 1.57 bits per heavy atom. The van der Waals surface area contributed by atoms with E-state index < -0.39 is 23.6 Å². The maximum Gasteiger partial charge on any atom is 0.309 e. The molecule has 0 spiro atoms. The summed E-state index contributed by atoms with van der Waals surface area (Å²) in [5, 5.41) is 42.3. The second kappa shape index (κ2) is 16.9. The van der Waals surface area contributed by atoms with Crippen LogP contribution in [0.3, 0.4) is 0 Å². The summed E-state index contributed by atoms with van der Waals surface area (Å²) in [7, 11) is 0. The molecular formula is C34H59NO5. The molecule has 40 heavy (non-hydrogen) atoms. The van der Waals surface area contributed by atoms with E-state index >= 15 is 0 Å². The van der Waals surface area contributed by atoms with Gasteiger partial charge < -0.3 is 25.4 Å². The lowest BCUT2D eigenvalue weighted by Crippen LogP contribution is -2.38. The quantitative estimate of drug-likeness (QED) is 0.105. The van der Waals surface area contributed by atoms with Crippen molar-refractivity contribution in [2.45, 2.75) is 171 Å². The molecule has 6 nitrogen and oxygen atoms in total. The van der Waals surface area contributed by atoms with Crippen LogP contribution in [0.25, 0.3) is 0 Å². The van der Waals surface area contributed by atoms with Gasteiger partial charge in [0, 0.05) is 12.4 Å². The lowest BCUT2D eigenvalue weighted by Gasteiger charge is -2.43. The summed E-state index contributed by atoms with van der Waals surface area (Å²) in [6.45, 7) is 2.21. The Bertz CT molecular complexity index is 820. The van der Waals surface area contributed by atoms with Gasteiger partial charge in [-0.25, -0.2) is 0 Å². The third-order valence-electron chi connectivity index (χ3n) is 10.4. The number of hydrogen-bond acceptors (Lipinski definition) is 4. The van der Waals surface area contributed by atoms with Gasteiger partial charge in [-0.05, 0) is 87.2 Å². The molecule has 2 fully saturated rings. The van der Waals surface area contributed by atoms with Crippen molar-refractivity contribution in [1.82, 2.24) is 4.98 Å². The van der Waals surface area contributed by atoms with Gasteiger partial charge in [0.15, 0.2) is 0 Å². The zero-order valence-electron chi connectivity index (χ0n) is 25.3. The molecule has 5 unspecified atom stereocenters. The molecule has 5 N–H and O–H groups in total. The van der Waals surface area contributed by atoms with Crippen molar-refractivity contribution in [3.63, 3.8) is 0 Å². The molecule has 1 aromatic heterocycles. The molecule has 1 aromatic rings. The number of rotatable bonds is 20. The number of carboxylic acids is 1. The van der Waals surface area contributed by atoms with Crippen LogP contribution in [-0.4, -0.2) is 49.2 Å². The summed E-state index contributed by atoms with van der Waals surface area (Å²) in [4.78, 5) is 15.2. The maximum absolute atomic E-state index is 12.0. The summed E-state index contributed by atoms with van der Waals surface area (Å²) in [5.41, 5.74) is 0.700. The van der Waals surface area contributed by atoms with Crippen molar-refractivity contribution in [2.24, 2.45) is 11.8 Å². The molecular weight excluding hydrogens is 502 g/mol. The summed E-state index contributed by atoms with van der Waals surface area (Å²) >= 11 is 0. The fourth-order valence-electron chi connectivity index (χ4n) is 7.88. The molecule has 0 aromatic carbocycles. The molecule has 2 saturated carbocycles. The molecule has 2 aliphatic carbocycles. The third-order valence-corrected chi connectivity index (χ3v) is 10.4. The lowest BCUT2D eigenvalue weighted by atomic mass is 9.61. The van der Waals surface area contributed by atoms with Gasteiger partial charge in [-0.2, -0.15) is 0 Å². The largest absolute Gasteiger partial charge is 0.481 e. The van der Waals surface area contributed by atoms with Crippen molar-refractivity contribution in [3.05, 3.63) is 24.0 Å². The van der Waals surface area contributed by atoms with Crippen molar-refractivity contribution in [2.75, 3.05) is 0 Å². The average molecular weight is 562 g/mol. The standard InChI is InChI=1S/C34H59NO5/c1-2-3-4-5-9-14-29(36)15-10-6-7-11-16-30(32(38)39)31(37)18-23-33(40)22-17-27(25-33)34(20-12-8-13-21-34)28-19-24-35-26-28/h19,24,26-27,29-31,35-37,40H,2-18,20-23,25H2,1H3,(H,38,39). The first-order chi connectivity index (χ1) is 19.3. The van der Waals surface area contributed by atoms with E-state index in [1.54, 1.807) is 0 Å². The number of aromatic amines is 1. The number of aromatic nitrogens is 1. The van der Waals surface area contributed by atoms with Crippen molar-refractivity contribution >= 4 is 5.97 Å². The first-order valence-electron chi connectivity index (χ1n) is 16.7. The number of aliphatic hydroxyl groups is 3. The predicted octanol–water partition coefficient (Wildman–Crippen LogP) is 7.65. The van der Waals surface area contributed by atoms with E-state index in [-0.39, 0.29) is 11.5 Å². The molecule has 1 heterocycles. The van der Waals surface area contributed by atoms with E-state index in [4.69, 9.17) is 0 Å². The molecule has 0 saturated heterocycles. The smallest absolute Gasteiger partial charge is 0.309 e. The Labute approximate surface area is 243 Å². The highest BCUT2D eigenvalue weighted by molar-refractivity contribution is 5.70. The van der Waals surface area contributed by atoms with E-state index in [2.05, 4.69) is 24.2 Å². The molecule has 0 amide bonds. The third kappa shape index (κ3) is 9.87. The number of unbranched alkanes of at least 4 members (excludes halogenated alkanes) is 7. The Balaban J connectivity index is 1.37. The molecule has 3 rings (SSSR count). The van der Waals surface area contributed by atoms with Crippen LogP contribution in [0, 0.1) is 11.8 Å². The summed E-state index contributed by atoms with van der Waals surface area (Å²) < 4.78 is 0. The minimum atomic E-state index is -0.934. The Hall–Kier alpha value is -1.37. The van der Waals surface area contributed by atoms with Gasteiger partial charge in [0.05, 0.1) is 23.7 Å². The first-order valence-corrected chi connectivity index (χ1v) is 16.7. The highest BCUT2D eigenvalue weighted by Crippen LogP contribution is 2.54. The van der Waals surface area contributed by atoms with Gasteiger partial charge in [0.2, 0.25) is 0 Å². The summed E-state index contributed by atoms with van der Waals surface area (Å²) in [6.07, 6.45) is 24.3. The second-order valence-electron chi connectivity index (χ2n) is 13.4. The van der Waals surface area contributed by atoms with Gasteiger partial charge in [-0.1, -0.05) is 84.0 Å². The number of hydrogen-bond donors (Lipinski definition) is 5. The summed E-state index contributed by atoms with van der Waals surface area (Å²) in [5.74, 6) is -1.28. The fourth-order valence-corrected chi connectivity index (χ4v) is 7.88. The van der Waals surface area contributed by atoms with Crippen LogP contribution < -0.4 is 0 Å². The van der Waals surface area contributed by atoms with Gasteiger partial charge in [0.1, 0.15) is 0 Å². The van der Waals surface area contributed by atoms with Crippen molar-refractivity contribution < 1.29 is 25.2 Å². The van der Waals surface area contributed by atoms with Crippen LogP contribution in [0.4, 0.5) is 0 Å². The highest BCUT2D eigenvalue weighted by Gasteiger charge is 2.49. The monoisotopic (exact) mass is 561 g/mol. The zero-order valence-corrected chi connectivity index (χ0v) is 25.3. The van der Waals surface area contributed by atoms with Crippen LogP contribution in [0.5, 0.6) is 0 Å². The molecule has 0 radical (unpaired) electrons. The Morgan fingerprint density at radius 1 is 0.925 bits per heavy atom. The molecule has 230 valence electrons. The zero-order chi connectivity index (χ0) is 28.8. The molecule has 0 aliphatic heterocycles. The van der Waals surface area contributed by atoms with Gasteiger partial charge in [-0.3, -0.25) is 4.79 Å². The summed E-state index contributed by atoms with van der Waals surface area (Å²) in [6, 6.07) is 2.21. The van der Waals surface area contributed by atoms with Gasteiger partial charge in [-0.15, -0.1) is 0 Å². The SMILES string of the molecule is CCCCCCCC(O)CCCCCCC(C(=O)O)C(O)CCC1(O)CCC(C2(c3cc[nH]c3)CCCCC2)C1. The maximum atomic E-state index is 12.0. The van der Waals surface area contributed by atoms with Crippen molar-refractivity contribution in [1.29, 1.82) is 0 Å². The minimum Gasteiger partial charge on any atom is -0.481 e. The molecule has 5 atom stereocenters. The highest BCUT2D eigenvalue weighted by atomic mass is 16.4. The number of aliphatic carboxylic acids is 1. The number of carboxylic acid groups (broad SMARTS) is 1. The molecule has 2 aliphatic rings. The Kier molecular flexibility index (Phi) is 14.0. The van der Waals surface area contributed by atoms with E-state index in [1.807, 2.05) is 6.20 Å². The molecule has 6 heteroatoms. The van der Waals surface area contributed by atoms with Crippen LogP contribution in [0.15, 0.2) is 18.5 Å². The molecule has 0 bridgehead atoms. The van der Waals surface area contributed by atoms with Gasteiger partial charge in [0.25, 0.3) is 0 Å². The van der Waals surface area contributed by atoms with E-state index in [1.165, 1.54) is 63.4 Å². The van der Waals surface area contributed by atoms with E-state index in [0.29, 0.717) is 25.2 Å². The average Bonchev–Trinajstić information content (AvgIpc) is 3.63. The van der Waals surface area contributed by atoms with Crippen molar-refractivity contribution in [3.8, 4) is 0 Å². The van der Waals surface area contributed by atoms with Crippen LogP contribution in [0.2, 0.25) is 0 Å². The lowest BCUT2D eigenvalue weighted by molar-refractivity contribution is -0.146. The van der Waals surface area contributed by atoms with Crippen LogP contribution >= 0.6 is 0 Å². The fraction of sp³-hybridized carbons (Fsp3) is 0.853. The Morgan fingerprint density at radius 3 is 2.17 bits per heavy atom. The number of nitrogens with one attached hydrogen (secondary N) is 1. The van der Waals surface area contributed by atoms with Crippen LogP contribution in [0.1, 0.15) is 154 Å². The van der Waals surface area contributed by atoms with E-state index in [9.17, 15) is 25.2 Å².